The molecule has 2 rings (SSSR count). The topological polar surface area (TPSA) is 23.8 Å². The van der Waals surface area contributed by atoms with Gasteiger partial charge in [0.15, 0.2) is 0 Å². The molecule has 0 bridgehead atoms. The Balaban J connectivity index is 2.47. The Labute approximate surface area is 79.1 Å². The van der Waals surface area contributed by atoms with Crippen LogP contribution in [0.1, 0.15) is 26.7 Å². The van der Waals surface area contributed by atoms with Crippen LogP contribution in [0.4, 0.5) is 0 Å². The van der Waals surface area contributed by atoms with Crippen LogP contribution in [0.3, 0.4) is 0 Å². The van der Waals surface area contributed by atoms with E-state index < -0.39 is 0 Å². The highest BCUT2D eigenvalue weighted by Crippen LogP contribution is 2.49. The minimum atomic E-state index is 0.241. The van der Waals surface area contributed by atoms with Crippen LogP contribution in [-0.2, 0) is 0 Å². The molecule has 0 aromatic rings. The maximum absolute atomic E-state index is 8.65. The molecule has 0 aromatic heterocycles. The molecule has 1 heteroatoms. The molecule has 0 spiro atoms. The van der Waals surface area contributed by atoms with Gasteiger partial charge in [0.1, 0.15) is 0 Å². The first-order valence-corrected chi connectivity index (χ1v) is 4.64. The number of nitriles is 1. The molecule has 0 unspecified atom stereocenters. The summed E-state index contributed by atoms with van der Waals surface area (Å²) >= 11 is 0. The van der Waals surface area contributed by atoms with Gasteiger partial charge in [-0.25, -0.2) is 0 Å². The van der Waals surface area contributed by atoms with Gasteiger partial charge in [-0.2, -0.15) is 5.26 Å². The summed E-state index contributed by atoms with van der Waals surface area (Å²) in [6.07, 6.45) is 8.16. The van der Waals surface area contributed by atoms with E-state index in [9.17, 15) is 0 Å². The van der Waals surface area contributed by atoms with Crippen molar-refractivity contribution in [3.63, 3.8) is 0 Å². The molecule has 66 valence electrons. The molecule has 0 radical (unpaired) electrons. The second-order valence-corrected chi connectivity index (χ2v) is 4.36. The Kier molecular flexibility index (Phi) is 1.66. The quantitative estimate of drug-likeness (QED) is 0.514. The maximum Gasteiger partial charge on any atom is 0.0915 e. The Morgan fingerprint density at radius 3 is 3.00 bits per heavy atom. The van der Waals surface area contributed by atoms with Crippen molar-refractivity contribution in [1.29, 1.82) is 5.26 Å². The lowest BCUT2D eigenvalue weighted by molar-refractivity contribution is 0.478. The van der Waals surface area contributed by atoms with Gasteiger partial charge >= 0.3 is 0 Å². The van der Waals surface area contributed by atoms with Crippen LogP contribution in [0.25, 0.3) is 0 Å². The highest BCUT2D eigenvalue weighted by Gasteiger charge is 2.35. The van der Waals surface area contributed by atoms with Crippen LogP contribution >= 0.6 is 0 Å². The molecular weight excluding hydrogens is 158 g/mol. The molecule has 0 fully saturated rings. The summed E-state index contributed by atoms with van der Waals surface area (Å²) in [5, 5.41) is 8.65. The monoisotopic (exact) mass is 171 g/mol. The van der Waals surface area contributed by atoms with E-state index in [0.717, 1.165) is 12.8 Å². The van der Waals surface area contributed by atoms with Crippen molar-refractivity contribution >= 4 is 0 Å². The van der Waals surface area contributed by atoms with Crippen LogP contribution < -0.4 is 0 Å². The number of nitrogens with zero attached hydrogens (tertiary/aromatic N) is 1. The van der Waals surface area contributed by atoms with E-state index in [4.69, 9.17) is 5.26 Å². The van der Waals surface area contributed by atoms with E-state index >= 15 is 0 Å². The fraction of sp³-hybridized carbons (Fsp3) is 0.417. The van der Waals surface area contributed by atoms with Gasteiger partial charge < -0.3 is 0 Å². The average molecular weight is 171 g/mol. The van der Waals surface area contributed by atoms with Crippen LogP contribution in [0.5, 0.6) is 0 Å². The summed E-state index contributed by atoms with van der Waals surface area (Å²) in [5.74, 6) is 0. The Morgan fingerprint density at radius 1 is 1.54 bits per heavy atom. The summed E-state index contributed by atoms with van der Waals surface area (Å²) in [7, 11) is 0. The molecule has 0 saturated heterocycles. The predicted molar refractivity (Wildman–Crippen MR) is 52.9 cm³/mol. The molecular formula is C12H13N. The van der Waals surface area contributed by atoms with Crippen molar-refractivity contribution < 1.29 is 0 Å². The van der Waals surface area contributed by atoms with Gasteiger partial charge in [0.05, 0.1) is 6.07 Å². The molecule has 1 nitrogen and oxygen atoms in total. The summed E-state index contributed by atoms with van der Waals surface area (Å²) in [4.78, 5) is 0. The molecule has 0 heterocycles. The molecule has 2 aliphatic carbocycles. The minimum absolute atomic E-state index is 0.241. The van der Waals surface area contributed by atoms with Crippen LogP contribution in [0.2, 0.25) is 0 Å². The fourth-order valence-electron chi connectivity index (χ4n) is 2.34. The van der Waals surface area contributed by atoms with Gasteiger partial charge in [-0.3, -0.25) is 0 Å². The van der Waals surface area contributed by atoms with Crippen molar-refractivity contribution in [1.82, 2.24) is 0 Å². The van der Waals surface area contributed by atoms with E-state index in [2.05, 4.69) is 32.1 Å². The average Bonchev–Trinajstić information content (AvgIpc) is 2.57. The van der Waals surface area contributed by atoms with Gasteiger partial charge in [-0.15, -0.1) is 0 Å². The fourth-order valence-corrected chi connectivity index (χ4v) is 2.34. The Morgan fingerprint density at radius 2 is 2.31 bits per heavy atom. The summed E-state index contributed by atoms with van der Waals surface area (Å²) < 4.78 is 0. The number of hydrogen-bond acceptors (Lipinski definition) is 1. The first-order chi connectivity index (χ1) is 6.15. The smallest absolute Gasteiger partial charge is 0.0915 e. The molecule has 0 amide bonds. The third kappa shape index (κ3) is 1.14. The Bertz CT molecular complexity index is 372. The van der Waals surface area contributed by atoms with Crippen molar-refractivity contribution in [2.24, 2.45) is 5.41 Å². The number of allylic oxidation sites excluding steroid dienone is 6. The zero-order chi connectivity index (χ0) is 9.47. The molecule has 0 N–H and O–H groups in total. The Hall–Kier alpha value is -1.29. The second-order valence-electron chi connectivity index (χ2n) is 4.36. The predicted octanol–water partition coefficient (Wildman–Crippen LogP) is 3.12. The van der Waals surface area contributed by atoms with E-state index in [1.54, 1.807) is 6.08 Å². The molecule has 0 aromatic carbocycles. The first kappa shape index (κ1) is 8.31. The van der Waals surface area contributed by atoms with Crippen molar-refractivity contribution in [2.75, 3.05) is 0 Å². The highest BCUT2D eigenvalue weighted by molar-refractivity contribution is 5.55. The minimum Gasteiger partial charge on any atom is -0.193 e. The molecule has 0 saturated carbocycles. The van der Waals surface area contributed by atoms with Crippen molar-refractivity contribution in [3.05, 3.63) is 34.9 Å². The maximum atomic E-state index is 8.65. The third-order valence-corrected chi connectivity index (χ3v) is 2.92. The normalized spacial score (nSPS) is 26.7. The van der Waals surface area contributed by atoms with Gasteiger partial charge in [0.2, 0.25) is 0 Å². The number of rotatable bonds is 0. The molecule has 13 heavy (non-hydrogen) atoms. The van der Waals surface area contributed by atoms with Gasteiger partial charge in [-0.05, 0) is 35.0 Å². The van der Waals surface area contributed by atoms with Gasteiger partial charge in [0, 0.05) is 6.08 Å². The zero-order valence-corrected chi connectivity index (χ0v) is 8.09. The third-order valence-electron chi connectivity index (χ3n) is 2.92. The largest absolute Gasteiger partial charge is 0.193 e. The van der Waals surface area contributed by atoms with Crippen molar-refractivity contribution in [2.45, 2.75) is 26.7 Å². The lowest BCUT2D eigenvalue weighted by Gasteiger charge is -2.18. The van der Waals surface area contributed by atoms with Crippen LogP contribution in [-0.4, -0.2) is 0 Å². The standard InChI is InChI=1S/C12H13N/c1-12(2)8-9(6-7-13)10-4-3-5-11(10)12/h3,5-6H,4,8H2,1-2H3/b9-6+. The van der Waals surface area contributed by atoms with Crippen molar-refractivity contribution in [3.8, 4) is 6.07 Å². The van der Waals surface area contributed by atoms with Gasteiger partial charge in [0.25, 0.3) is 0 Å². The first-order valence-electron chi connectivity index (χ1n) is 4.64. The molecule has 2 aliphatic rings. The molecule has 0 atom stereocenters. The second kappa shape index (κ2) is 2.60. The summed E-state index contributed by atoms with van der Waals surface area (Å²) in [6, 6.07) is 2.14. The SMILES string of the molecule is CC1(C)C/C(=C\C#N)C2=C1C=CC2. The lowest BCUT2D eigenvalue weighted by atomic mass is 9.85. The lowest BCUT2D eigenvalue weighted by Crippen LogP contribution is -2.07. The van der Waals surface area contributed by atoms with E-state index in [1.165, 1.54) is 16.7 Å². The van der Waals surface area contributed by atoms with Crippen LogP contribution in [0, 0.1) is 16.7 Å². The summed E-state index contributed by atoms with van der Waals surface area (Å²) in [6.45, 7) is 4.49. The van der Waals surface area contributed by atoms with Gasteiger partial charge in [-0.1, -0.05) is 26.0 Å². The zero-order valence-electron chi connectivity index (χ0n) is 8.09. The van der Waals surface area contributed by atoms with E-state index in [-0.39, 0.29) is 5.41 Å². The van der Waals surface area contributed by atoms with Crippen LogP contribution in [0.15, 0.2) is 34.9 Å². The van der Waals surface area contributed by atoms with E-state index in [1.807, 2.05) is 0 Å². The highest BCUT2D eigenvalue weighted by atomic mass is 14.4. The van der Waals surface area contributed by atoms with E-state index in [0.29, 0.717) is 0 Å². The number of hydrogen-bond donors (Lipinski definition) is 0. The summed E-state index contributed by atoms with van der Waals surface area (Å²) in [5.41, 5.74) is 4.32. The molecule has 0 aliphatic heterocycles.